The van der Waals surface area contributed by atoms with Crippen molar-refractivity contribution < 1.29 is 0 Å². The highest BCUT2D eigenvalue weighted by atomic mass is 14.7. The highest BCUT2D eigenvalue weighted by Gasteiger charge is 2.09. The molecule has 0 aliphatic heterocycles. The van der Waals surface area contributed by atoms with Gasteiger partial charge in [0.25, 0.3) is 0 Å². The van der Waals surface area contributed by atoms with Crippen molar-refractivity contribution in [3.8, 4) is 0 Å². The molecular formula is C15H19N. The van der Waals surface area contributed by atoms with Crippen LogP contribution in [0, 0.1) is 6.92 Å². The van der Waals surface area contributed by atoms with E-state index in [4.69, 9.17) is 4.98 Å². The van der Waals surface area contributed by atoms with E-state index >= 15 is 0 Å². The number of para-hydroxylation sites is 1. The molecule has 1 aromatic heterocycles. The molecule has 0 N–H and O–H groups in total. The molecule has 84 valence electrons. The molecule has 16 heavy (non-hydrogen) atoms. The van der Waals surface area contributed by atoms with Crippen molar-refractivity contribution in [3.05, 3.63) is 41.1 Å². The summed E-state index contributed by atoms with van der Waals surface area (Å²) in [6.07, 6.45) is 3.34. The van der Waals surface area contributed by atoms with E-state index in [1.165, 1.54) is 22.2 Å². The number of hydrogen-bond acceptors (Lipinski definition) is 1. The Hall–Kier alpha value is -1.37. The number of aryl methyl sites for hydroxylation is 2. The van der Waals surface area contributed by atoms with E-state index in [0.717, 1.165) is 24.8 Å². The highest BCUT2D eigenvalue weighted by Crippen LogP contribution is 2.23. The van der Waals surface area contributed by atoms with Crippen LogP contribution in [0.15, 0.2) is 24.3 Å². The molecule has 2 aromatic rings. The number of aromatic nitrogens is 1. The minimum atomic E-state index is 1.08. The first-order chi connectivity index (χ1) is 7.77. The zero-order valence-electron chi connectivity index (χ0n) is 10.4. The van der Waals surface area contributed by atoms with Crippen molar-refractivity contribution in [2.24, 2.45) is 0 Å². The predicted octanol–water partition coefficient (Wildman–Crippen LogP) is 4.06. The van der Waals surface area contributed by atoms with Crippen molar-refractivity contribution in [1.82, 2.24) is 4.98 Å². The van der Waals surface area contributed by atoms with Crippen LogP contribution in [-0.2, 0) is 12.8 Å². The lowest BCUT2D eigenvalue weighted by atomic mass is 9.98. The van der Waals surface area contributed by atoms with E-state index in [1.54, 1.807) is 0 Å². The molecule has 0 spiro atoms. The average molecular weight is 213 g/mol. The minimum Gasteiger partial charge on any atom is -0.253 e. The zero-order valence-corrected chi connectivity index (χ0v) is 10.4. The maximum absolute atomic E-state index is 4.80. The van der Waals surface area contributed by atoms with Crippen molar-refractivity contribution in [3.63, 3.8) is 0 Å². The summed E-state index contributed by atoms with van der Waals surface area (Å²) in [5, 5.41) is 1.30. The Morgan fingerprint density at radius 2 is 1.88 bits per heavy atom. The Balaban J connectivity index is 2.71. The Labute approximate surface area is 97.5 Å². The third-order valence-electron chi connectivity index (χ3n) is 3.20. The van der Waals surface area contributed by atoms with E-state index in [1.807, 2.05) is 0 Å². The van der Waals surface area contributed by atoms with Crippen molar-refractivity contribution >= 4 is 10.9 Å². The summed E-state index contributed by atoms with van der Waals surface area (Å²) < 4.78 is 0. The topological polar surface area (TPSA) is 12.9 Å². The van der Waals surface area contributed by atoms with E-state index in [2.05, 4.69) is 45.0 Å². The van der Waals surface area contributed by atoms with Gasteiger partial charge in [-0.1, -0.05) is 38.5 Å². The summed E-state index contributed by atoms with van der Waals surface area (Å²) in [5.74, 6) is 0. The Kier molecular flexibility index (Phi) is 3.23. The van der Waals surface area contributed by atoms with E-state index < -0.39 is 0 Å². The molecule has 1 nitrogen and oxygen atoms in total. The number of fused-ring (bicyclic) bond motifs is 1. The average Bonchev–Trinajstić information content (AvgIpc) is 2.30. The van der Waals surface area contributed by atoms with E-state index in [-0.39, 0.29) is 0 Å². The summed E-state index contributed by atoms with van der Waals surface area (Å²) >= 11 is 0. The van der Waals surface area contributed by atoms with Gasteiger partial charge in [-0.15, -0.1) is 0 Å². The van der Waals surface area contributed by atoms with Gasteiger partial charge in [0.05, 0.1) is 5.52 Å². The van der Waals surface area contributed by atoms with E-state index in [0.29, 0.717) is 0 Å². The monoisotopic (exact) mass is 213 g/mol. The lowest BCUT2D eigenvalue weighted by molar-refractivity contribution is 0.861. The Bertz CT molecular complexity index is 500. The smallest absolute Gasteiger partial charge is 0.0708 e. The predicted molar refractivity (Wildman–Crippen MR) is 69.9 cm³/mol. The number of rotatable bonds is 3. The van der Waals surface area contributed by atoms with Gasteiger partial charge in [0.2, 0.25) is 0 Å². The van der Waals surface area contributed by atoms with Crippen LogP contribution in [0.3, 0.4) is 0 Å². The number of hydrogen-bond donors (Lipinski definition) is 0. The second-order valence-electron chi connectivity index (χ2n) is 4.28. The molecule has 2 rings (SSSR count). The molecule has 1 heterocycles. The number of nitrogens with zero attached hydrogens (tertiary/aromatic N) is 1. The van der Waals surface area contributed by atoms with Crippen LogP contribution in [-0.4, -0.2) is 4.98 Å². The first kappa shape index (κ1) is 11.1. The van der Waals surface area contributed by atoms with Crippen molar-refractivity contribution in [2.75, 3.05) is 0 Å². The largest absolute Gasteiger partial charge is 0.253 e. The fourth-order valence-electron chi connectivity index (χ4n) is 2.39. The highest BCUT2D eigenvalue weighted by molar-refractivity contribution is 5.83. The van der Waals surface area contributed by atoms with E-state index in [9.17, 15) is 0 Å². The number of pyridine rings is 1. The maximum atomic E-state index is 4.80. The quantitative estimate of drug-likeness (QED) is 0.749. The normalized spacial score (nSPS) is 10.9. The molecule has 1 heteroatoms. The Morgan fingerprint density at radius 1 is 1.12 bits per heavy atom. The van der Waals surface area contributed by atoms with Crippen LogP contribution in [0.5, 0.6) is 0 Å². The summed E-state index contributed by atoms with van der Waals surface area (Å²) in [5.41, 5.74) is 5.29. The van der Waals surface area contributed by atoms with Gasteiger partial charge in [0.15, 0.2) is 0 Å². The molecule has 0 aliphatic carbocycles. The fourth-order valence-corrected chi connectivity index (χ4v) is 2.39. The Morgan fingerprint density at radius 3 is 2.56 bits per heavy atom. The lowest BCUT2D eigenvalue weighted by Gasteiger charge is -2.12. The van der Waals surface area contributed by atoms with Crippen LogP contribution in [0.1, 0.15) is 37.1 Å². The molecule has 0 bridgehead atoms. The summed E-state index contributed by atoms with van der Waals surface area (Å²) in [7, 11) is 0. The van der Waals surface area contributed by atoms with Gasteiger partial charge < -0.3 is 0 Å². The minimum absolute atomic E-state index is 1.08. The molecule has 0 saturated heterocycles. The van der Waals surface area contributed by atoms with Gasteiger partial charge in [0, 0.05) is 11.1 Å². The van der Waals surface area contributed by atoms with Gasteiger partial charge in [-0.2, -0.15) is 0 Å². The van der Waals surface area contributed by atoms with Crippen LogP contribution in [0.25, 0.3) is 10.9 Å². The molecule has 0 atom stereocenters. The third kappa shape index (κ3) is 1.82. The molecule has 0 fully saturated rings. The first-order valence-electron chi connectivity index (χ1n) is 6.15. The van der Waals surface area contributed by atoms with Gasteiger partial charge in [0.1, 0.15) is 0 Å². The van der Waals surface area contributed by atoms with Gasteiger partial charge in [-0.25, -0.2) is 0 Å². The van der Waals surface area contributed by atoms with Crippen LogP contribution in [0.4, 0.5) is 0 Å². The zero-order chi connectivity index (χ0) is 11.5. The SMILES string of the molecule is CCCc1nc2ccccc2c(C)c1CC. The lowest BCUT2D eigenvalue weighted by Crippen LogP contribution is -2.01. The second-order valence-corrected chi connectivity index (χ2v) is 4.28. The van der Waals surface area contributed by atoms with Crippen LogP contribution in [0.2, 0.25) is 0 Å². The molecule has 0 aliphatic rings. The third-order valence-corrected chi connectivity index (χ3v) is 3.20. The van der Waals surface area contributed by atoms with Gasteiger partial charge in [-0.3, -0.25) is 4.98 Å². The molecule has 0 radical (unpaired) electrons. The molecule has 0 saturated carbocycles. The molecule has 1 aromatic carbocycles. The summed E-state index contributed by atoms with van der Waals surface area (Å²) in [6.45, 7) is 6.66. The fraction of sp³-hybridized carbons (Fsp3) is 0.400. The second kappa shape index (κ2) is 4.65. The first-order valence-corrected chi connectivity index (χ1v) is 6.15. The standard InChI is InChI=1S/C15H19N/c1-4-8-14-12(5-2)11(3)13-9-6-7-10-15(13)16-14/h6-7,9-10H,4-5,8H2,1-3H3. The van der Waals surface area contributed by atoms with Gasteiger partial charge in [-0.05, 0) is 37.0 Å². The summed E-state index contributed by atoms with van der Waals surface area (Å²) in [6, 6.07) is 8.44. The van der Waals surface area contributed by atoms with Crippen molar-refractivity contribution in [1.29, 1.82) is 0 Å². The molecular weight excluding hydrogens is 194 g/mol. The van der Waals surface area contributed by atoms with Crippen LogP contribution < -0.4 is 0 Å². The molecule has 0 unspecified atom stereocenters. The van der Waals surface area contributed by atoms with Crippen molar-refractivity contribution in [2.45, 2.75) is 40.0 Å². The van der Waals surface area contributed by atoms with Gasteiger partial charge >= 0.3 is 0 Å². The van der Waals surface area contributed by atoms with Crippen LogP contribution >= 0.6 is 0 Å². The summed E-state index contributed by atoms with van der Waals surface area (Å²) in [4.78, 5) is 4.80. The molecule has 0 amide bonds. The maximum Gasteiger partial charge on any atom is 0.0708 e. The number of benzene rings is 1.